The minimum atomic E-state index is -2.18. The summed E-state index contributed by atoms with van der Waals surface area (Å²) in [6, 6.07) is 0. The van der Waals surface area contributed by atoms with Gasteiger partial charge in [0.25, 0.3) is 0 Å². The van der Waals surface area contributed by atoms with E-state index in [1.807, 2.05) is 7.11 Å². The monoisotopic (exact) mass is 366 g/mol. The summed E-state index contributed by atoms with van der Waals surface area (Å²) in [5.41, 5.74) is 0. The molecule has 23 heavy (non-hydrogen) atoms. The van der Waals surface area contributed by atoms with Crippen molar-refractivity contribution >= 4 is 17.2 Å². The fourth-order valence-corrected chi connectivity index (χ4v) is 9.77. The maximum absolute atomic E-state index is 7.54. The van der Waals surface area contributed by atoms with Crippen LogP contribution in [0, 0.1) is 0 Å². The molecule has 0 heterocycles. The molecular weight excluding hydrogens is 323 g/mol. The summed E-state index contributed by atoms with van der Waals surface area (Å²) in [5.74, 6) is -2.18. The second-order valence-electron chi connectivity index (χ2n) is 7.59. The second kappa shape index (κ2) is 13.9. The van der Waals surface area contributed by atoms with Crippen molar-refractivity contribution in [3.63, 3.8) is 0 Å². The van der Waals surface area contributed by atoms with Crippen LogP contribution < -0.4 is 0 Å². The van der Waals surface area contributed by atoms with Gasteiger partial charge in [-0.1, -0.05) is 0 Å². The zero-order valence-electron chi connectivity index (χ0n) is 16.5. The van der Waals surface area contributed by atoms with E-state index >= 15 is 0 Å². The average Bonchev–Trinajstić information content (AvgIpc) is 2.54. The molecule has 0 saturated heterocycles. The molecule has 1 nitrogen and oxygen atoms in total. The van der Waals surface area contributed by atoms with E-state index in [1.54, 1.807) is 0 Å². The van der Waals surface area contributed by atoms with Gasteiger partial charge in [-0.3, -0.25) is 0 Å². The Bertz CT molecular complexity index is 236. The predicted octanol–water partition coefficient (Wildman–Crippen LogP) is 8.04. The number of halogens is 1. The first-order chi connectivity index (χ1) is 11.0. The molecule has 0 aromatic rings. The molecule has 0 aliphatic rings. The molecule has 142 valence electrons. The van der Waals surface area contributed by atoms with E-state index in [9.17, 15) is 0 Å². The van der Waals surface area contributed by atoms with Crippen LogP contribution in [0.2, 0.25) is 0 Å². The van der Waals surface area contributed by atoms with E-state index in [4.69, 9.17) is 16.0 Å². The molecule has 0 fully saturated rings. The fraction of sp³-hybridized carbons (Fsp3) is 1.00. The molecule has 0 radical (unpaired) electrons. The van der Waals surface area contributed by atoms with E-state index in [1.165, 1.54) is 95.5 Å². The van der Waals surface area contributed by atoms with Gasteiger partial charge in [0.1, 0.15) is 0 Å². The Balaban J connectivity index is 4.74. The zero-order valence-corrected chi connectivity index (χ0v) is 18.2. The summed E-state index contributed by atoms with van der Waals surface area (Å²) in [4.78, 5) is 0. The third-order valence-electron chi connectivity index (χ3n) is 5.16. The van der Waals surface area contributed by atoms with Crippen molar-refractivity contribution in [1.82, 2.24) is 0 Å². The van der Waals surface area contributed by atoms with Crippen molar-refractivity contribution in [2.75, 3.05) is 31.9 Å². The molecule has 0 atom stereocenters. The van der Waals surface area contributed by atoms with Gasteiger partial charge < -0.3 is 0 Å². The molecule has 0 aliphatic carbocycles. The first kappa shape index (κ1) is 23.7. The van der Waals surface area contributed by atoms with Gasteiger partial charge >= 0.3 is 152 Å². The van der Waals surface area contributed by atoms with E-state index < -0.39 is 5.96 Å². The van der Waals surface area contributed by atoms with Crippen LogP contribution in [0.1, 0.15) is 97.8 Å². The standard InChI is InChI=1S/C20H44ClOP/c1-5-8-11-14-17-23(21,20-22-4,18-15-12-9-6-2)19-16-13-10-7-3/h5-20H2,1-4H3. The van der Waals surface area contributed by atoms with E-state index in [2.05, 4.69) is 20.8 Å². The fourth-order valence-electron chi connectivity index (χ4n) is 3.65. The van der Waals surface area contributed by atoms with E-state index in [0.29, 0.717) is 0 Å². The van der Waals surface area contributed by atoms with Crippen molar-refractivity contribution in [3.8, 4) is 0 Å². The van der Waals surface area contributed by atoms with E-state index in [-0.39, 0.29) is 0 Å². The van der Waals surface area contributed by atoms with Gasteiger partial charge in [-0.15, -0.1) is 0 Å². The molecule has 0 aliphatic heterocycles. The third-order valence-corrected chi connectivity index (χ3v) is 12.2. The molecule has 0 rings (SSSR count). The first-order valence-corrected chi connectivity index (χ1v) is 14.1. The van der Waals surface area contributed by atoms with Gasteiger partial charge in [-0.05, 0) is 0 Å². The van der Waals surface area contributed by atoms with Crippen LogP contribution >= 0.6 is 17.2 Å². The Morgan fingerprint density at radius 2 is 0.957 bits per heavy atom. The Labute approximate surface area is 152 Å². The summed E-state index contributed by atoms with van der Waals surface area (Å²) in [7, 11) is 1.86. The number of hydrogen-bond acceptors (Lipinski definition) is 1. The quantitative estimate of drug-likeness (QED) is 0.187. The summed E-state index contributed by atoms with van der Waals surface area (Å²) in [5, 5.41) is 0. The summed E-state index contributed by atoms with van der Waals surface area (Å²) in [6.07, 6.45) is 20.5. The third kappa shape index (κ3) is 11.0. The second-order valence-corrected chi connectivity index (χ2v) is 15.7. The van der Waals surface area contributed by atoms with Crippen molar-refractivity contribution in [2.45, 2.75) is 97.8 Å². The Hall–Kier alpha value is 0.680. The number of methoxy groups -OCH3 is 1. The van der Waals surface area contributed by atoms with E-state index in [0.717, 1.165) is 6.35 Å². The molecule has 3 heteroatoms. The average molecular weight is 367 g/mol. The van der Waals surface area contributed by atoms with Crippen LogP contribution in [0.3, 0.4) is 0 Å². The van der Waals surface area contributed by atoms with Crippen molar-refractivity contribution < 1.29 is 4.74 Å². The predicted molar refractivity (Wildman–Crippen MR) is 112 cm³/mol. The molecular formula is C20H44ClOP. The minimum absolute atomic E-state index is 0.845. The summed E-state index contributed by atoms with van der Waals surface area (Å²) < 4.78 is 5.71. The van der Waals surface area contributed by atoms with Crippen molar-refractivity contribution in [2.24, 2.45) is 0 Å². The van der Waals surface area contributed by atoms with Crippen LogP contribution in [0.15, 0.2) is 0 Å². The van der Waals surface area contributed by atoms with Crippen LogP contribution in [0.5, 0.6) is 0 Å². The van der Waals surface area contributed by atoms with Crippen molar-refractivity contribution in [3.05, 3.63) is 0 Å². The Morgan fingerprint density at radius 3 is 1.22 bits per heavy atom. The zero-order chi connectivity index (χ0) is 17.5. The van der Waals surface area contributed by atoms with Crippen molar-refractivity contribution in [1.29, 1.82) is 0 Å². The molecule has 0 bridgehead atoms. The summed E-state index contributed by atoms with van der Waals surface area (Å²) >= 11 is 7.54. The molecule has 0 unspecified atom stereocenters. The number of unbranched alkanes of at least 4 members (excludes halogenated alkanes) is 9. The molecule has 0 aromatic heterocycles. The molecule has 0 aromatic carbocycles. The van der Waals surface area contributed by atoms with Gasteiger partial charge in [-0.2, -0.15) is 0 Å². The van der Waals surface area contributed by atoms with Crippen LogP contribution in [0.25, 0.3) is 0 Å². The Kier molecular flexibility index (Phi) is 14.3. The first-order valence-electron chi connectivity index (χ1n) is 10.3. The Morgan fingerprint density at radius 1 is 0.609 bits per heavy atom. The SMILES string of the molecule is CCCCCCP(Cl)(CCCCCC)(CCCCCC)COC. The van der Waals surface area contributed by atoms with Crippen LogP contribution in [-0.2, 0) is 4.74 Å². The number of rotatable bonds is 17. The number of ether oxygens (including phenoxy) is 1. The number of hydrogen-bond donors (Lipinski definition) is 0. The molecule has 0 spiro atoms. The summed E-state index contributed by atoms with van der Waals surface area (Å²) in [6.45, 7) is 6.85. The van der Waals surface area contributed by atoms with Gasteiger partial charge in [-0.25, -0.2) is 0 Å². The topological polar surface area (TPSA) is 9.23 Å². The normalized spacial score (nSPS) is 13.9. The molecule has 0 saturated carbocycles. The molecule has 0 N–H and O–H groups in total. The van der Waals surface area contributed by atoms with Gasteiger partial charge in [0.05, 0.1) is 0 Å². The maximum atomic E-state index is 7.54. The molecule has 0 amide bonds. The van der Waals surface area contributed by atoms with Crippen LogP contribution in [0.4, 0.5) is 0 Å². The van der Waals surface area contributed by atoms with Gasteiger partial charge in [0.2, 0.25) is 0 Å². The van der Waals surface area contributed by atoms with Gasteiger partial charge in [0, 0.05) is 0 Å². The van der Waals surface area contributed by atoms with Gasteiger partial charge in [0.15, 0.2) is 0 Å². The van der Waals surface area contributed by atoms with Crippen LogP contribution in [-0.4, -0.2) is 31.9 Å².